The first kappa shape index (κ1) is 20.8. The molecule has 1 aromatic heterocycles. The lowest BCUT2D eigenvalue weighted by molar-refractivity contribution is 0.0924. The Bertz CT molecular complexity index is 1360. The number of carbonyl (C=O) groups excluding carboxylic acids is 3. The van der Waals surface area contributed by atoms with E-state index in [0.29, 0.717) is 34.6 Å². The predicted octanol–water partition coefficient (Wildman–Crippen LogP) is 4.75. The van der Waals surface area contributed by atoms with Crippen molar-refractivity contribution >= 4 is 45.0 Å². The number of halogens is 1. The first-order valence-electron chi connectivity index (χ1n) is 10.2. The Labute approximate surface area is 197 Å². The Balaban J connectivity index is 1.31. The minimum Gasteiger partial charge on any atom is -0.319 e. The highest BCUT2D eigenvalue weighted by atomic mass is 79.9. The molecule has 1 aliphatic heterocycles. The molecule has 0 saturated carbocycles. The van der Waals surface area contributed by atoms with Crippen molar-refractivity contribution in [2.45, 2.75) is 6.54 Å². The maximum absolute atomic E-state index is 12.8. The van der Waals surface area contributed by atoms with E-state index in [1.807, 2.05) is 24.3 Å². The molecule has 8 heteroatoms. The van der Waals surface area contributed by atoms with Gasteiger partial charge in [0.05, 0.1) is 35.2 Å². The van der Waals surface area contributed by atoms with E-state index in [9.17, 15) is 14.4 Å². The molecule has 3 amide bonds. The molecule has 1 aliphatic rings. The summed E-state index contributed by atoms with van der Waals surface area (Å²) < 4.78 is 2.73. The van der Waals surface area contributed by atoms with Gasteiger partial charge in [-0.3, -0.25) is 19.1 Å². The van der Waals surface area contributed by atoms with Gasteiger partial charge in [-0.05, 0) is 48.0 Å². The van der Waals surface area contributed by atoms with Gasteiger partial charge in [-0.25, -0.2) is 4.90 Å². The standard InChI is InChI=1S/C25H17BrN4O3/c26-18-10-8-16(9-11-18)14-29-15-19(13-27-29)28-23(31)17-4-3-5-20(12-17)30-24(32)21-6-1-2-7-22(21)25(30)33/h1-13,15H,14H2,(H,28,31). The summed E-state index contributed by atoms with van der Waals surface area (Å²) in [6.07, 6.45) is 3.32. The number of rotatable bonds is 5. The van der Waals surface area contributed by atoms with Crippen LogP contribution in [0.1, 0.15) is 36.6 Å². The van der Waals surface area contributed by atoms with E-state index >= 15 is 0 Å². The second-order valence-corrected chi connectivity index (χ2v) is 8.46. The summed E-state index contributed by atoms with van der Waals surface area (Å²) in [7, 11) is 0. The van der Waals surface area contributed by atoms with E-state index in [-0.39, 0.29) is 5.91 Å². The summed E-state index contributed by atoms with van der Waals surface area (Å²) in [5.41, 5.74) is 3.01. The second kappa shape index (κ2) is 8.48. The van der Waals surface area contributed by atoms with Gasteiger partial charge in [0.1, 0.15) is 0 Å². The molecule has 162 valence electrons. The minimum absolute atomic E-state index is 0.324. The number of nitrogens with one attached hydrogen (secondary N) is 1. The molecule has 5 rings (SSSR count). The molecule has 0 bridgehead atoms. The molecule has 0 fully saturated rings. The van der Waals surface area contributed by atoms with Crippen LogP contribution in [0.2, 0.25) is 0 Å². The van der Waals surface area contributed by atoms with E-state index in [1.54, 1.807) is 59.5 Å². The molecule has 1 N–H and O–H groups in total. The van der Waals surface area contributed by atoms with Crippen molar-refractivity contribution < 1.29 is 14.4 Å². The number of aromatic nitrogens is 2. The number of fused-ring (bicyclic) bond motifs is 1. The van der Waals surface area contributed by atoms with Crippen molar-refractivity contribution in [1.82, 2.24) is 9.78 Å². The Morgan fingerprint density at radius 3 is 2.30 bits per heavy atom. The zero-order valence-corrected chi connectivity index (χ0v) is 18.8. The molecular formula is C25H17BrN4O3. The van der Waals surface area contributed by atoms with Crippen LogP contribution in [0.3, 0.4) is 0 Å². The first-order chi connectivity index (χ1) is 16.0. The largest absolute Gasteiger partial charge is 0.319 e. The highest BCUT2D eigenvalue weighted by molar-refractivity contribution is 9.10. The molecule has 0 radical (unpaired) electrons. The van der Waals surface area contributed by atoms with Gasteiger partial charge in [-0.15, -0.1) is 0 Å². The normalized spacial score (nSPS) is 12.7. The fourth-order valence-corrected chi connectivity index (χ4v) is 3.97. The lowest BCUT2D eigenvalue weighted by atomic mass is 10.1. The van der Waals surface area contributed by atoms with Gasteiger partial charge in [0.25, 0.3) is 17.7 Å². The molecule has 0 atom stereocenters. The minimum atomic E-state index is -0.401. The summed E-state index contributed by atoms with van der Waals surface area (Å²) in [6.45, 7) is 0.568. The summed E-state index contributed by atoms with van der Waals surface area (Å²) in [5, 5.41) is 7.11. The highest BCUT2D eigenvalue weighted by Crippen LogP contribution is 2.29. The van der Waals surface area contributed by atoms with Crippen molar-refractivity contribution in [3.63, 3.8) is 0 Å². The number of carbonyl (C=O) groups is 3. The molecular weight excluding hydrogens is 484 g/mol. The number of benzene rings is 3. The van der Waals surface area contributed by atoms with Crippen LogP contribution in [-0.4, -0.2) is 27.5 Å². The van der Waals surface area contributed by atoms with Crippen LogP contribution in [0.15, 0.2) is 89.7 Å². The van der Waals surface area contributed by atoms with Gasteiger partial charge in [-0.2, -0.15) is 5.10 Å². The SMILES string of the molecule is O=C(Nc1cnn(Cc2ccc(Br)cc2)c1)c1cccc(N2C(=O)c3ccccc3C2=O)c1. The third-order valence-electron chi connectivity index (χ3n) is 5.31. The summed E-state index contributed by atoms with van der Waals surface area (Å²) in [6, 6.07) is 21.0. The van der Waals surface area contributed by atoms with Crippen molar-refractivity contribution in [3.8, 4) is 0 Å². The van der Waals surface area contributed by atoms with Crippen molar-refractivity contribution in [2.24, 2.45) is 0 Å². The zero-order valence-electron chi connectivity index (χ0n) is 17.2. The molecule has 0 aliphatic carbocycles. The third kappa shape index (κ3) is 4.08. The number of hydrogen-bond acceptors (Lipinski definition) is 4. The summed E-state index contributed by atoms with van der Waals surface area (Å²) in [5.74, 6) is -1.17. The average Bonchev–Trinajstić information content (AvgIpc) is 3.37. The molecule has 33 heavy (non-hydrogen) atoms. The van der Waals surface area contributed by atoms with Gasteiger partial charge in [0, 0.05) is 16.2 Å². The number of amides is 3. The summed E-state index contributed by atoms with van der Waals surface area (Å²) in [4.78, 5) is 39.4. The smallest absolute Gasteiger partial charge is 0.266 e. The highest BCUT2D eigenvalue weighted by Gasteiger charge is 2.36. The number of imide groups is 1. The van der Waals surface area contributed by atoms with E-state index < -0.39 is 11.8 Å². The van der Waals surface area contributed by atoms with E-state index in [0.717, 1.165) is 14.9 Å². The van der Waals surface area contributed by atoms with Gasteiger partial charge in [0.15, 0.2) is 0 Å². The van der Waals surface area contributed by atoms with Crippen LogP contribution >= 0.6 is 15.9 Å². The van der Waals surface area contributed by atoms with Crippen LogP contribution in [0.4, 0.5) is 11.4 Å². The monoisotopic (exact) mass is 500 g/mol. The van der Waals surface area contributed by atoms with E-state index in [2.05, 4.69) is 26.3 Å². The van der Waals surface area contributed by atoms with Crippen molar-refractivity contribution in [1.29, 1.82) is 0 Å². The van der Waals surface area contributed by atoms with E-state index in [4.69, 9.17) is 0 Å². The fraction of sp³-hybridized carbons (Fsp3) is 0.0400. The molecule has 2 heterocycles. The van der Waals surface area contributed by atoms with Gasteiger partial charge >= 0.3 is 0 Å². The Hall–Kier alpha value is -4.04. The lowest BCUT2D eigenvalue weighted by Gasteiger charge is -2.15. The summed E-state index contributed by atoms with van der Waals surface area (Å²) >= 11 is 3.41. The molecule has 3 aromatic carbocycles. The molecule has 7 nitrogen and oxygen atoms in total. The molecule has 0 unspecified atom stereocenters. The van der Waals surface area contributed by atoms with Gasteiger partial charge in [0.2, 0.25) is 0 Å². The maximum atomic E-state index is 12.8. The average molecular weight is 501 g/mol. The zero-order chi connectivity index (χ0) is 22.9. The Kier molecular flexibility index (Phi) is 5.35. The predicted molar refractivity (Wildman–Crippen MR) is 127 cm³/mol. The van der Waals surface area contributed by atoms with Crippen LogP contribution in [0.25, 0.3) is 0 Å². The van der Waals surface area contributed by atoms with Gasteiger partial charge in [-0.1, -0.05) is 46.3 Å². The first-order valence-corrected chi connectivity index (χ1v) is 10.9. The molecule has 0 spiro atoms. The van der Waals surface area contributed by atoms with Crippen LogP contribution < -0.4 is 10.2 Å². The number of anilines is 2. The molecule has 0 saturated heterocycles. The van der Waals surface area contributed by atoms with Crippen LogP contribution in [-0.2, 0) is 6.54 Å². The Morgan fingerprint density at radius 2 is 1.61 bits per heavy atom. The second-order valence-electron chi connectivity index (χ2n) is 7.55. The van der Waals surface area contributed by atoms with Crippen molar-refractivity contribution in [2.75, 3.05) is 10.2 Å². The van der Waals surface area contributed by atoms with Crippen molar-refractivity contribution in [3.05, 3.63) is 112 Å². The quantitative estimate of drug-likeness (QED) is 0.401. The Morgan fingerprint density at radius 1 is 0.909 bits per heavy atom. The number of hydrogen-bond donors (Lipinski definition) is 1. The fourth-order valence-electron chi connectivity index (χ4n) is 3.70. The lowest BCUT2D eigenvalue weighted by Crippen LogP contribution is -2.29. The van der Waals surface area contributed by atoms with E-state index in [1.165, 1.54) is 6.07 Å². The van der Waals surface area contributed by atoms with Crippen LogP contribution in [0.5, 0.6) is 0 Å². The molecule has 4 aromatic rings. The topological polar surface area (TPSA) is 84.3 Å². The van der Waals surface area contributed by atoms with Gasteiger partial charge < -0.3 is 5.32 Å². The third-order valence-corrected chi connectivity index (χ3v) is 5.84. The van der Waals surface area contributed by atoms with Crippen LogP contribution in [0, 0.1) is 0 Å². The number of nitrogens with zero attached hydrogens (tertiary/aromatic N) is 3. The maximum Gasteiger partial charge on any atom is 0.266 e.